The second kappa shape index (κ2) is 6.38. The third kappa shape index (κ3) is 4.38. The Morgan fingerprint density at radius 3 is 2.48 bits per heavy atom. The van der Waals surface area contributed by atoms with Gasteiger partial charge in [-0.1, -0.05) is 12.1 Å². The van der Waals surface area contributed by atoms with E-state index in [0.717, 1.165) is 11.1 Å². The summed E-state index contributed by atoms with van der Waals surface area (Å²) in [6.45, 7) is 1.84. The normalized spacial score (nSPS) is 12.9. The molecule has 2 rings (SSSR count). The minimum absolute atomic E-state index is 0.0584. The lowest BCUT2D eigenvalue weighted by Gasteiger charge is -2.14. The van der Waals surface area contributed by atoms with Crippen molar-refractivity contribution in [3.8, 4) is 0 Å². The zero-order valence-corrected chi connectivity index (χ0v) is 13.1. The van der Waals surface area contributed by atoms with E-state index in [1.165, 1.54) is 12.1 Å². The van der Waals surface area contributed by atoms with Crippen molar-refractivity contribution in [2.45, 2.75) is 24.3 Å². The predicted molar refractivity (Wildman–Crippen MR) is 82.4 cm³/mol. The Kier molecular flexibility index (Phi) is 4.76. The maximum Gasteiger partial charge on any atom is 0.238 e. The first-order valence-corrected chi connectivity index (χ1v) is 8.78. The van der Waals surface area contributed by atoms with Crippen LogP contribution in [0.15, 0.2) is 46.0 Å². The van der Waals surface area contributed by atoms with Crippen LogP contribution in [0.3, 0.4) is 0 Å². The molecule has 0 fully saturated rings. The summed E-state index contributed by atoms with van der Waals surface area (Å²) in [5.74, 6) is -0.0728. The Hall–Kier alpha value is -1.70. The van der Waals surface area contributed by atoms with Gasteiger partial charge in [-0.3, -0.25) is 4.79 Å². The standard InChI is InChI=1S/C14H16N2O3S2/c1-10(16-14(17)8-11-6-7-20-9-11)12-2-4-13(5-3-12)21(15,18)19/h2-7,9-10H,8H2,1H3,(H,16,17)(H2,15,18,19)/t10-/m0/s1. The summed E-state index contributed by atoms with van der Waals surface area (Å²) in [4.78, 5) is 12.0. The molecular formula is C14H16N2O3S2. The number of sulfonamides is 1. The largest absolute Gasteiger partial charge is 0.349 e. The Bertz CT molecular complexity index is 707. The summed E-state index contributed by atoms with van der Waals surface area (Å²) < 4.78 is 22.4. The van der Waals surface area contributed by atoms with Crippen LogP contribution < -0.4 is 10.5 Å². The minimum Gasteiger partial charge on any atom is -0.349 e. The lowest BCUT2D eigenvalue weighted by atomic mass is 10.1. The number of carbonyl (C=O) groups is 1. The van der Waals surface area contributed by atoms with Gasteiger partial charge in [-0.05, 0) is 47.0 Å². The fraction of sp³-hybridized carbons (Fsp3) is 0.214. The van der Waals surface area contributed by atoms with Crippen molar-refractivity contribution < 1.29 is 13.2 Å². The molecule has 1 heterocycles. The van der Waals surface area contributed by atoms with Crippen molar-refractivity contribution in [2.75, 3.05) is 0 Å². The van der Waals surface area contributed by atoms with Gasteiger partial charge in [-0.25, -0.2) is 13.6 Å². The van der Waals surface area contributed by atoms with Crippen molar-refractivity contribution in [2.24, 2.45) is 5.14 Å². The highest BCUT2D eigenvalue weighted by Gasteiger charge is 2.12. The predicted octanol–water partition coefficient (Wildman–Crippen LogP) is 1.82. The van der Waals surface area contributed by atoms with Gasteiger partial charge < -0.3 is 5.32 Å². The van der Waals surface area contributed by atoms with Gasteiger partial charge in [-0.2, -0.15) is 11.3 Å². The van der Waals surface area contributed by atoms with E-state index in [0.29, 0.717) is 6.42 Å². The number of thiophene rings is 1. The maximum atomic E-state index is 11.9. The first kappa shape index (κ1) is 15.7. The highest BCUT2D eigenvalue weighted by molar-refractivity contribution is 7.89. The van der Waals surface area contributed by atoms with Gasteiger partial charge in [0, 0.05) is 0 Å². The van der Waals surface area contributed by atoms with Gasteiger partial charge in [0.2, 0.25) is 15.9 Å². The second-order valence-corrected chi connectivity index (χ2v) is 7.05. The smallest absolute Gasteiger partial charge is 0.238 e. The summed E-state index contributed by atoms with van der Waals surface area (Å²) in [5.41, 5.74) is 1.80. The van der Waals surface area contributed by atoms with Crippen LogP contribution in [0.5, 0.6) is 0 Å². The van der Waals surface area contributed by atoms with E-state index in [4.69, 9.17) is 5.14 Å². The Labute approximate surface area is 127 Å². The summed E-state index contributed by atoms with van der Waals surface area (Å²) in [5, 5.41) is 11.8. The number of hydrogen-bond acceptors (Lipinski definition) is 4. The first-order valence-electron chi connectivity index (χ1n) is 6.29. The van der Waals surface area contributed by atoms with E-state index in [-0.39, 0.29) is 16.8 Å². The number of primary sulfonamides is 1. The lowest BCUT2D eigenvalue weighted by molar-refractivity contribution is -0.121. The monoisotopic (exact) mass is 324 g/mol. The molecule has 1 aromatic carbocycles. The minimum atomic E-state index is -3.69. The van der Waals surface area contributed by atoms with Gasteiger partial charge in [0.15, 0.2) is 0 Å². The van der Waals surface area contributed by atoms with E-state index in [1.807, 2.05) is 23.8 Å². The van der Waals surface area contributed by atoms with Crippen LogP contribution >= 0.6 is 11.3 Å². The van der Waals surface area contributed by atoms with E-state index in [2.05, 4.69) is 5.32 Å². The summed E-state index contributed by atoms with van der Waals surface area (Å²) in [6, 6.07) is 7.88. The van der Waals surface area contributed by atoms with Crippen molar-refractivity contribution in [1.82, 2.24) is 5.32 Å². The van der Waals surface area contributed by atoms with E-state index < -0.39 is 10.0 Å². The molecule has 0 saturated carbocycles. The molecule has 1 amide bonds. The molecule has 2 aromatic rings. The van der Waals surface area contributed by atoms with E-state index in [1.54, 1.807) is 23.5 Å². The molecule has 112 valence electrons. The summed E-state index contributed by atoms with van der Waals surface area (Å²) in [7, 11) is -3.69. The molecule has 5 nitrogen and oxygen atoms in total. The number of benzene rings is 1. The van der Waals surface area contributed by atoms with Crippen molar-refractivity contribution >= 4 is 27.3 Å². The van der Waals surface area contributed by atoms with Crippen molar-refractivity contribution in [3.05, 3.63) is 52.2 Å². The highest BCUT2D eigenvalue weighted by atomic mass is 32.2. The SMILES string of the molecule is C[C@H](NC(=O)Cc1ccsc1)c1ccc(S(N)(=O)=O)cc1. The third-order valence-electron chi connectivity index (χ3n) is 3.03. The maximum absolute atomic E-state index is 11.9. The Morgan fingerprint density at radius 2 is 1.95 bits per heavy atom. The molecule has 1 atom stereocenters. The Balaban J connectivity index is 2.00. The molecule has 7 heteroatoms. The molecule has 0 bridgehead atoms. The van der Waals surface area contributed by atoms with Crippen LogP contribution in [0.4, 0.5) is 0 Å². The molecule has 0 saturated heterocycles. The van der Waals surface area contributed by atoms with Crippen molar-refractivity contribution in [1.29, 1.82) is 0 Å². The molecule has 3 N–H and O–H groups in total. The van der Waals surface area contributed by atoms with Crippen LogP contribution in [0.2, 0.25) is 0 Å². The fourth-order valence-corrected chi connectivity index (χ4v) is 3.08. The lowest BCUT2D eigenvalue weighted by Crippen LogP contribution is -2.28. The molecule has 0 aliphatic rings. The summed E-state index contributed by atoms with van der Waals surface area (Å²) in [6.07, 6.45) is 0.336. The van der Waals surface area contributed by atoms with Gasteiger partial charge >= 0.3 is 0 Å². The average Bonchev–Trinajstić information content (AvgIpc) is 2.90. The number of nitrogens with one attached hydrogen (secondary N) is 1. The molecule has 0 radical (unpaired) electrons. The number of amides is 1. The average molecular weight is 324 g/mol. The molecule has 0 aliphatic carbocycles. The third-order valence-corrected chi connectivity index (χ3v) is 4.69. The van der Waals surface area contributed by atoms with Gasteiger partial charge in [0.1, 0.15) is 0 Å². The van der Waals surface area contributed by atoms with Crippen LogP contribution in [0.25, 0.3) is 0 Å². The van der Waals surface area contributed by atoms with Gasteiger partial charge in [0.05, 0.1) is 17.4 Å². The Morgan fingerprint density at radius 1 is 1.29 bits per heavy atom. The molecule has 1 aromatic heterocycles. The molecular weight excluding hydrogens is 308 g/mol. The molecule has 0 unspecified atom stereocenters. The number of hydrogen-bond donors (Lipinski definition) is 2. The molecule has 21 heavy (non-hydrogen) atoms. The topological polar surface area (TPSA) is 89.3 Å². The van der Waals surface area contributed by atoms with Gasteiger partial charge in [-0.15, -0.1) is 0 Å². The second-order valence-electron chi connectivity index (χ2n) is 4.71. The van der Waals surface area contributed by atoms with E-state index in [9.17, 15) is 13.2 Å². The zero-order chi connectivity index (χ0) is 15.5. The number of carbonyl (C=O) groups excluding carboxylic acids is 1. The van der Waals surface area contributed by atoms with Gasteiger partial charge in [0.25, 0.3) is 0 Å². The van der Waals surface area contributed by atoms with Crippen LogP contribution in [0.1, 0.15) is 24.1 Å². The van der Waals surface area contributed by atoms with Crippen LogP contribution in [-0.2, 0) is 21.2 Å². The van der Waals surface area contributed by atoms with E-state index >= 15 is 0 Å². The fourth-order valence-electron chi connectivity index (χ4n) is 1.90. The van der Waals surface area contributed by atoms with Crippen molar-refractivity contribution in [3.63, 3.8) is 0 Å². The summed E-state index contributed by atoms with van der Waals surface area (Å²) >= 11 is 1.55. The molecule has 0 aliphatic heterocycles. The highest BCUT2D eigenvalue weighted by Crippen LogP contribution is 2.16. The zero-order valence-electron chi connectivity index (χ0n) is 11.4. The first-order chi connectivity index (χ1) is 9.86. The van der Waals surface area contributed by atoms with Crippen LogP contribution in [0, 0.1) is 0 Å². The van der Waals surface area contributed by atoms with Crippen LogP contribution in [-0.4, -0.2) is 14.3 Å². The molecule has 0 spiro atoms. The quantitative estimate of drug-likeness (QED) is 0.879. The number of rotatable bonds is 5. The number of nitrogens with two attached hydrogens (primary N) is 1.